The number of ether oxygens (including phenoxy) is 2. The summed E-state index contributed by atoms with van der Waals surface area (Å²) in [6.07, 6.45) is 2.80. The van der Waals surface area contributed by atoms with Crippen LogP contribution in [0.4, 0.5) is 0 Å². The maximum absolute atomic E-state index is 12.8. The molecule has 1 atom stereocenters. The molecule has 132 valence electrons. The third-order valence-electron chi connectivity index (χ3n) is 3.72. The molecule has 0 fully saturated rings. The molecule has 0 amide bonds. The van der Waals surface area contributed by atoms with E-state index in [2.05, 4.69) is 6.58 Å². The normalized spacial score (nSPS) is 12.3. The van der Waals surface area contributed by atoms with Crippen molar-refractivity contribution in [2.45, 2.75) is 39.5 Å². The minimum atomic E-state index is -1.71. The van der Waals surface area contributed by atoms with Gasteiger partial charge in [-0.15, -0.1) is 6.58 Å². The topological polar surface area (TPSA) is 82.8 Å². The predicted molar refractivity (Wildman–Crippen MR) is 87.3 cm³/mol. The number of esters is 2. The van der Waals surface area contributed by atoms with Gasteiger partial charge in [-0.2, -0.15) is 0 Å². The smallest absolute Gasteiger partial charge is 0.324 e. The number of rotatable bonds is 10. The summed E-state index contributed by atoms with van der Waals surface area (Å²) in [7, 11) is 0. The van der Waals surface area contributed by atoms with Crippen LogP contribution in [0.3, 0.4) is 0 Å². The van der Waals surface area contributed by atoms with Crippen molar-refractivity contribution >= 4 is 17.7 Å². The van der Waals surface area contributed by atoms with Gasteiger partial charge in [-0.3, -0.25) is 9.59 Å². The second-order valence-corrected chi connectivity index (χ2v) is 5.38. The Bertz CT molecular complexity index is 554. The Morgan fingerprint density at radius 1 is 1.25 bits per heavy atom. The monoisotopic (exact) mass is 336 g/mol. The molecule has 1 rings (SSSR count). The number of carbonyl (C=O) groups is 3. The zero-order valence-corrected chi connectivity index (χ0v) is 14.4. The standard InChI is InChI=1S/C18H24O6/c1-5-10-18(16(20)22-6-2,17(21)23-7-3)14(12-13(4)19)15-9-8-11-24-15/h5,8-9,11,14H,1,6-7,10,12H2,2-4H3. The molecular formula is C18H24O6. The van der Waals surface area contributed by atoms with E-state index in [9.17, 15) is 14.4 Å². The van der Waals surface area contributed by atoms with E-state index in [-0.39, 0.29) is 31.8 Å². The number of ketones is 1. The molecule has 1 aromatic rings. The van der Waals surface area contributed by atoms with E-state index >= 15 is 0 Å². The second-order valence-electron chi connectivity index (χ2n) is 5.38. The van der Waals surface area contributed by atoms with Crippen molar-refractivity contribution in [2.75, 3.05) is 13.2 Å². The summed E-state index contributed by atoms with van der Waals surface area (Å²) in [6.45, 7) is 8.53. The lowest BCUT2D eigenvalue weighted by molar-refractivity contribution is -0.174. The minimum absolute atomic E-state index is 0.0245. The zero-order chi connectivity index (χ0) is 18.2. The molecule has 0 aliphatic heterocycles. The van der Waals surface area contributed by atoms with E-state index in [0.717, 1.165) is 0 Å². The SMILES string of the molecule is C=CCC(C(=O)OCC)(C(=O)OCC)C(CC(C)=O)c1ccco1. The first kappa shape index (κ1) is 19.7. The summed E-state index contributed by atoms with van der Waals surface area (Å²) in [6, 6.07) is 3.27. The predicted octanol–water partition coefficient (Wildman–Crippen LogP) is 3.03. The molecule has 0 N–H and O–H groups in total. The Balaban J connectivity index is 3.53. The van der Waals surface area contributed by atoms with Crippen molar-refractivity contribution in [3.05, 3.63) is 36.8 Å². The Morgan fingerprint density at radius 3 is 2.21 bits per heavy atom. The molecule has 0 radical (unpaired) electrons. The van der Waals surface area contributed by atoms with Gasteiger partial charge in [0.05, 0.1) is 25.4 Å². The molecule has 0 bridgehead atoms. The lowest BCUT2D eigenvalue weighted by Crippen LogP contribution is -2.47. The van der Waals surface area contributed by atoms with Crippen LogP contribution in [-0.4, -0.2) is 30.9 Å². The van der Waals surface area contributed by atoms with Gasteiger partial charge in [-0.25, -0.2) is 0 Å². The molecule has 1 aromatic heterocycles. The van der Waals surface area contributed by atoms with Crippen molar-refractivity contribution in [3.63, 3.8) is 0 Å². The first-order valence-electron chi connectivity index (χ1n) is 7.92. The largest absolute Gasteiger partial charge is 0.469 e. The highest BCUT2D eigenvalue weighted by Gasteiger charge is 2.55. The molecule has 0 aromatic carbocycles. The Morgan fingerprint density at radius 2 is 1.83 bits per heavy atom. The van der Waals surface area contributed by atoms with Gasteiger partial charge in [0.15, 0.2) is 5.41 Å². The summed E-state index contributed by atoms with van der Waals surface area (Å²) in [5.74, 6) is -2.15. The highest BCUT2D eigenvalue weighted by atomic mass is 16.6. The van der Waals surface area contributed by atoms with Crippen LogP contribution in [0.2, 0.25) is 0 Å². The summed E-state index contributed by atoms with van der Waals surface area (Å²) in [5.41, 5.74) is -1.71. The van der Waals surface area contributed by atoms with Gasteiger partial charge < -0.3 is 18.7 Å². The molecule has 24 heavy (non-hydrogen) atoms. The van der Waals surface area contributed by atoms with Crippen LogP contribution >= 0.6 is 0 Å². The third-order valence-corrected chi connectivity index (χ3v) is 3.72. The van der Waals surface area contributed by atoms with Gasteiger partial charge in [0.1, 0.15) is 11.5 Å². The van der Waals surface area contributed by atoms with Crippen molar-refractivity contribution in [1.82, 2.24) is 0 Å². The van der Waals surface area contributed by atoms with Crippen molar-refractivity contribution in [2.24, 2.45) is 5.41 Å². The number of hydrogen-bond donors (Lipinski definition) is 0. The zero-order valence-electron chi connectivity index (χ0n) is 14.4. The molecule has 6 heteroatoms. The van der Waals surface area contributed by atoms with Crippen LogP contribution in [-0.2, 0) is 23.9 Å². The molecular weight excluding hydrogens is 312 g/mol. The summed E-state index contributed by atoms with van der Waals surface area (Å²) >= 11 is 0. The van der Waals surface area contributed by atoms with Crippen molar-refractivity contribution in [1.29, 1.82) is 0 Å². The Kier molecular flexibility index (Phi) is 7.42. The molecule has 0 saturated carbocycles. The van der Waals surface area contributed by atoms with E-state index in [1.807, 2.05) is 0 Å². The highest BCUT2D eigenvalue weighted by Crippen LogP contribution is 2.44. The third kappa shape index (κ3) is 4.13. The van der Waals surface area contributed by atoms with Crippen molar-refractivity contribution < 1.29 is 28.3 Å². The van der Waals surface area contributed by atoms with Crippen LogP contribution in [0.5, 0.6) is 0 Å². The number of allylic oxidation sites excluding steroid dienone is 1. The fourth-order valence-electron chi connectivity index (χ4n) is 2.72. The molecule has 0 aliphatic rings. The van der Waals surface area contributed by atoms with Gasteiger partial charge in [-0.05, 0) is 39.3 Å². The second kappa shape index (κ2) is 9.05. The number of carbonyl (C=O) groups excluding carboxylic acids is 3. The number of hydrogen-bond acceptors (Lipinski definition) is 6. The number of furan rings is 1. The van der Waals surface area contributed by atoms with Crippen molar-refractivity contribution in [3.8, 4) is 0 Å². The maximum Gasteiger partial charge on any atom is 0.324 e. The molecule has 0 spiro atoms. The van der Waals surface area contributed by atoms with Gasteiger partial charge in [0.25, 0.3) is 0 Å². The quantitative estimate of drug-likeness (QED) is 0.371. The molecule has 6 nitrogen and oxygen atoms in total. The average Bonchev–Trinajstić information content (AvgIpc) is 3.04. The van der Waals surface area contributed by atoms with Crippen LogP contribution < -0.4 is 0 Å². The van der Waals surface area contributed by atoms with E-state index in [1.54, 1.807) is 26.0 Å². The maximum atomic E-state index is 12.8. The Labute approximate surface area is 141 Å². The van der Waals surface area contributed by atoms with E-state index < -0.39 is 23.3 Å². The average molecular weight is 336 g/mol. The van der Waals surface area contributed by atoms with Crippen LogP contribution in [0.25, 0.3) is 0 Å². The van der Waals surface area contributed by atoms with Gasteiger partial charge >= 0.3 is 11.9 Å². The van der Waals surface area contributed by atoms with Crippen LogP contribution in [0, 0.1) is 5.41 Å². The van der Waals surface area contributed by atoms with E-state index in [1.165, 1.54) is 19.3 Å². The first-order valence-corrected chi connectivity index (χ1v) is 7.92. The molecule has 0 aliphatic carbocycles. The summed E-state index contributed by atoms with van der Waals surface area (Å²) < 4.78 is 15.7. The van der Waals surface area contributed by atoms with Crippen LogP contribution in [0.1, 0.15) is 45.3 Å². The Hall–Kier alpha value is -2.37. The summed E-state index contributed by atoms with van der Waals surface area (Å²) in [5, 5.41) is 0. The number of Topliss-reactive ketones (excluding diaryl/α,β-unsaturated/α-hetero) is 1. The molecule has 1 heterocycles. The van der Waals surface area contributed by atoms with Gasteiger partial charge in [-0.1, -0.05) is 6.08 Å². The lowest BCUT2D eigenvalue weighted by Gasteiger charge is -2.34. The minimum Gasteiger partial charge on any atom is -0.469 e. The van der Waals surface area contributed by atoms with Crippen LogP contribution in [0.15, 0.2) is 35.5 Å². The molecule has 0 saturated heterocycles. The highest BCUT2D eigenvalue weighted by molar-refractivity contribution is 6.02. The van der Waals surface area contributed by atoms with Gasteiger partial charge in [0.2, 0.25) is 0 Å². The summed E-state index contributed by atoms with van der Waals surface area (Å²) in [4.78, 5) is 37.3. The van der Waals surface area contributed by atoms with E-state index in [4.69, 9.17) is 13.9 Å². The molecule has 1 unspecified atom stereocenters. The lowest BCUT2D eigenvalue weighted by atomic mass is 9.69. The van der Waals surface area contributed by atoms with Gasteiger partial charge in [0, 0.05) is 6.42 Å². The van der Waals surface area contributed by atoms with E-state index in [0.29, 0.717) is 5.76 Å². The first-order chi connectivity index (χ1) is 11.4. The fraction of sp³-hybridized carbons (Fsp3) is 0.500. The fourth-order valence-corrected chi connectivity index (χ4v) is 2.72.